The molecule has 1 fully saturated rings. The van der Waals surface area contributed by atoms with E-state index in [2.05, 4.69) is 5.16 Å². The topological polar surface area (TPSA) is 83.7 Å². The number of carbonyl (C=O) groups excluding carboxylic acids is 1. The number of piperidine rings is 1. The predicted molar refractivity (Wildman–Crippen MR) is 125 cm³/mol. The zero-order valence-corrected chi connectivity index (χ0v) is 19.8. The van der Waals surface area contributed by atoms with Crippen LogP contribution in [0.25, 0.3) is 0 Å². The maximum Gasteiger partial charge on any atom is 0.248 e. The van der Waals surface area contributed by atoms with E-state index in [4.69, 9.17) is 4.52 Å². The average molecular weight is 468 g/mol. The molecule has 0 spiro atoms. The Kier molecular flexibility index (Phi) is 6.95. The van der Waals surface area contributed by atoms with Crippen molar-refractivity contribution in [1.82, 2.24) is 14.4 Å². The summed E-state index contributed by atoms with van der Waals surface area (Å²) in [5, 5.41) is 3.80. The van der Waals surface area contributed by atoms with Crippen LogP contribution in [0.15, 0.2) is 70.1 Å². The number of nitrogens with zero attached hydrogens (tertiary/aromatic N) is 3. The molecule has 0 N–H and O–H groups in total. The minimum atomic E-state index is -3.78. The van der Waals surface area contributed by atoms with Gasteiger partial charge in [0.1, 0.15) is 10.6 Å². The second kappa shape index (κ2) is 9.89. The van der Waals surface area contributed by atoms with Gasteiger partial charge in [-0.25, -0.2) is 8.42 Å². The Hall–Kier alpha value is -2.97. The van der Waals surface area contributed by atoms with Gasteiger partial charge in [0.25, 0.3) is 0 Å². The third-order valence-corrected chi connectivity index (χ3v) is 8.15. The molecule has 7 nitrogen and oxygen atoms in total. The normalized spacial score (nSPS) is 17.1. The Balaban J connectivity index is 1.56. The van der Waals surface area contributed by atoms with Crippen molar-refractivity contribution in [1.29, 1.82) is 0 Å². The number of benzene rings is 2. The fourth-order valence-corrected chi connectivity index (χ4v) is 6.23. The summed E-state index contributed by atoms with van der Waals surface area (Å²) >= 11 is 0. The number of aryl methyl sites for hydroxylation is 2. The maximum absolute atomic E-state index is 13.7. The van der Waals surface area contributed by atoms with Crippen LogP contribution in [-0.4, -0.2) is 41.8 Å². The molecule has 0 radical (unpaired) electrons. The van der Waals surface area contributed by atoms with Gasteiger partial charge in [-0.2, -0.15) is 4.31 Å². The van der Waals surface area contributed by atoms with Crippen molar-refractivity contribution in [2.45, 2.75) is 44.7 Å². The number of carbonyl (C=O) groups is 1. The van der Waals surface area contributed by atoms with E-state index in [1.54, 1.807) is 13.8 Å². The Morgan fingerprint density at radius 3 is 2.12 bits per heavy atom. The molecule has 3 aromatic rings. The molecular weight excluding hydrogens is 438 g/mol. The molecule has 2 aromatic carbocycles. The van der Waals surface area contributed by atoms with E-state index in [0.29, 0.717) is 38.2 Å². The molecule has 1 aromatic heterocycles. The summed E-state index contributed by atoms with van der Waals surface area (Å²) in [5.41, 5.74) is 2.42. The summed E-state index contributed by atoms with van der Waals surface area (Å²) in [5.74, 6) is -0.154. The van der Waals surface area contributed by atoms with E-state index in [-0.39, 0.29) is 23.1 Å². The Morgan fingerprint density at radius 1 is 1.03 bits per heavy atom. The predicted octanol–water partition coefficient (Wildman–Crippen LogP) is 3.92. The van der Waals surface area contributed by atoms with E-state index in [1.165, 1.54) is 4.31 Å². The smallest absolute Gasteiger partial charge is 0.248 e. The standard InChI is InChI=1S/C25H29N3O4S/c1-19-24(20(2)32-26-19)33(30,31)28-15-9-14-23(18-28)25(29)27(16-21-10-5-3-6-11-21)17-22-12-7-4-8-13-22/h3-8,10-13,23H,9,14-18H2,1-2H3. The molecule has 33 heavy (non-hydrogen) atoms. The molecule has 0 aliphatic carbocycles. The Labute approximate surface area is 195 Å². The maximum atomic E-state index is 13.7. The summed E-state index contributed by atoms with van der Waals surface area (Å²) in [6, 6.07) is 19.7. The fraction of sp³-hybridized carbons (Fsp3) is 0.360. The van der Waals surface area contributed by atoms with Crippen LogP contribution in [0.4, 0.5) is 0 Å². The zero-order valence-electron chi connectivity index (χ0n) is 19.0. The second-order valence-electron chi connectivity index (χ2n) is 8.52. The summed E-state index contributed by atoms with van der Waals surface area (Å²) in [6.45, 7) is 4.71. The van der Waals surface area contributed by atoms with Crippen molar-refractivity contribution in [3.05, 3.63) is 83.2 Å². The van der Waals surface area contributed by atoms with Gasteiger partial charge in [0.15, 0.2) is 5.76 Å². The number of aromatic nitrogens is 1. The molecule has 4 rings (SSSR count). The monoisotopic (exact) mass is 467 g/mol. The number of rotatable bonds is 7. The molecule has 1 saturated heterocycles. The van der Waals surface area contributed by atoms with E-state index >= 15 is 0 Å². The van der Waals surface area contributed by atoms with Crippen LogP contribution in [-0.2, 0) is 27.9 Å². The molecule has 2 heterocycles. The number of hydrogen-bond donors (Lipinski definition) is 0. The highest BCUT2D eigenvalue weighted by molar-refractivity contribution is 7.89. The second-order valence-corrected chi connectivity index (χ2v) is 10.4. The highest BCUT2D eigenvalue weighted by atomic mass is 32.2. The number of amides is 1. The van der Waals surface area contributed by atoms with Gasteiger partial charge in [-0.3, -0.25) is 4.79 Å². The molecule has 1 unspecified atom stereocenters. The average Bonchev–Trinajstić information content (AvgIpc) is 3.18. The van der Waals surface area contributed by atoms with Crippen LogP contribution < -0.4 is 0 Å². The van der Waals surface area contributed by atoms with Crippen molar-refractivity contribution in [2.24, 2.45) is 5.92 Å². The zero-order chi connectivity index (χ0) is 23.4. The van der Waals surface area contributed by atoms with Crippen LogP contribution in [0.1, 0.15) is 35.4 Å². The highest BCUT2D eigenvalue weighted by Crippen LogP contribution is 2.29. The van der Waals surface area contributed by atoms with Gasteiger partial charge in [-0.05, 0) is 37.8 Å². The lowest BCUT2D eigenvalue weighted by Gasteiger charge is -2.34. The summed E-state index contributed by atoms with van der Waals surface area (Å²) in [6.07, 6.45) is 1.29. The van der Waals surface area contributed by atoms with Crippen LogP contribution in [0.3, 0.4) is 0 Å². The van der Waals surface area contributed by atoms with Crippen molar-refractivity contribution < 1.29 is 17.7 Å². The van der Waals surface area contributed by atoms with Crippen LogP contribution in [0.2, 0.25) is 0 Å². The summed E-state index contributed by atoms with van der Waals surface area (Å²) in [7, 11) is -3.78. The molecule has 8 heteroatoms. The van der Waals surface area contributed by atoms with Crippen molar-refractivity contribution >= 4 is 15.9 Å². The minimum absolute atomic E-state index is 0.0265. The van der Waals surface area contributed by atoms with Crippen LogP contribution >= 0.6 is 0 Å². The lowest BCUT2D eigenvalue weighted by atomic mass is 9.97. The molecule has 1 aliphatic heterocycles. The first kappa shape index (κ1) is 23.2. The molecule has 0 saturated carbocycles. The summed E-state index contributed by atoms with van der Waals surface area (Å²) in [4.78, 5) is 15.6. The molecule has 174 valence electrons. The van der Waals surface area contributed by atoms with Crippen molar-refractivity contribution in [3.63, 3.8) is 0 Å². The molecule has 1 atom stereocenters. The van der Waals surface area contributed by atoms with Gasteiger partial charge in [0.2, 0.25) is 15.9 Å². The van der Waals surface area contributed by atoms with Gasteiger partial charge in [0, 0.05) is 26.2 Å². The fourth-order valence-electron chi connectivity index (χ4n) is 4.41. The van der Waals surface area contributed by atoms with Crippen LogP contribution in [0, 0.1) is 19.8 Å². The molecule has 1 amide bonds. The van der Waals surface area contributed by atoms with Crippen LogP contribution in [0.5, 0.6) is 0 Å². The largest absolute Gasteiger partial charge is 0.360 e. The van der Waals surface area contributed by atoms with Crippen molar-refractivity contribution in [3.8, 4) is 0 Å². The van der Waals surface area contributed by atoms with E-state index < -0.39 is 15.9 Å². The first-order valence-electron chi connectivity index (χ1n) is 11.2. The quantitative estimate of drug-likeness (QED) is 0.526. The SMILES string of the molecule is Cc1noc(C)c1S(=O)(=O)N1CCCC(C(=O)N(Cc2ccccc2)Cc2ccccc2)C1. The third kappa shape index (κ3) is 5.17. The molecule has 1 aliphatic rings. The minimum Gasteiger partial charge on any atom is -0.360 e. The van der Waals surface area contributed by atoms with E-state index in [9.17, 15) is 13.2 Å². The van der Waals surface area contributed by atoms with Crippen molar-refractivity contribution in [2.75, 3.05) is 13.1 Å². The first-order chi connectivity index (χ1) is 15.9. The summed E-state index contributed by atoms with van der Waals surface area (Å²) < 4.78 is 33.1. The van der Waals surface area contributed by atoms with Gasteiger partial charge in [-0.15, -0.1) is 0 Å². The van der Waals surface area contributed by atoms with Gasteiger partial charge >= 0.3 is 0 Å². The van der Waals surface area contributed by atoms with E-state index in [0.717, 1.165) is 11.1 Å². The van der Waals surface area contributed by atoms with E-state index in [1.807, 2.05) is 65.6 Å². The molecule has 0 bridgehead atoms. The lowest BCUT2D eigenvalue weighted by Crippen LogP contribution is -2.46. The Morgan fingerprint density at radius 2 is 1.61 bits per heavy atom. The van der Waals surface area contributed by atoms with Gasteiger partial charge in [-0.1, -0.05) is 65.8 Å². The Bertz CT molecular complexity index is 1130. The van der Waals surface area contributed by atoms with Gasteiger partial charge < -0.3 is 9.42 Å². The molecular formula is C25H29N3O4S. The number of sulfonamides is 1. The first-order valence-corrected chi connectivity index (χ1v) is 12.6. The van der Waals surface area contributed by atoms with Gasteiger partial charge in [0.05, 0.1) is 5.92 Å². The highest BCUT2D eigenvalue weighted by Gasteiger charge is 2.37. The third-order valence-electron chi connectivity index (χ3n) is 6.04. The lowest BCUT2D eigenvalue weighted by molar-refractivity contribution is -0.138. The number of hydrogen-bond acceptors (Lipinski definition) is 5.